The number of ether oxygens (including phenoxy) is 2. The van der Waals surface area contributed by atoms with Crippen molar-refractivity contribution < 1.29 is 19.1 Å². The van der Waals surface area contributed by atoms with Crippen molar-refractivity contribution >= 4 is 23.8 Å². The molecule has 6 heteroatoms. The maximum atomic E-state index is 12.4. The largest absolute Gasteiger partial charge is 0.497 e. The lowest BCUT2D eigenvalue weighted by Crippen LogP contribution is -2.62. The van der Waals surface area contributed by atoms with E-state index in [1.807, 2.05) is 12.1 Å². The number of allylic oxidation sites excluding steroid dienone is 1. The number of aliphatic imine (C=N–C) groups is 1. The van der Waals surface area contributed by atoms with E-state index in [2.05, 4.69) is 16.3 Å². The molecule has 0 saturated carbocycles. The number of benzene rings is 1. The Labute approximate surface area is 141 Å². The first kappa shape index (κ1) is 17.7. The maximum Gasteiger partial charge on any atom is 0.330 e. The second kappa shape index (κ2) is 7.77. The fraction of sp³-hybridized carbons (Fsp3) is 0.389. The Balaban J connectivity index is 2.21. The number of carbonyl (C=O) groups is 2. The zero-order chi connectivity index (χ0) is 17.7. The number of rotatable bonds is 7. The monoisotopic (exact) mass is 330 g/mol. The van der Waals surface area contributed by atoms with Crippen LogP contribution >= 0.6 is 0 Å². The molecular formula is C18H22N2O4. The van der Waals surface area contributed by atoms with Crippen LogP contribution in [0.5, 0.6) is 5.75 Å². The Bertz CT molecular complexity index is 639. The maximum absolute atomic E-state index is 12.4. The van der Waals surface area contributed by atoms with Gasteiger partial charge in [0, 0.05) is 11.9 Å². The zero-order valence-corrected chi connectivity index (χ0v) is 14.1. The zero-order valence-electron chi connectivity index (χ0n) is 14.1. The molecule has 1 aromatic rings. The number of hydrogen-bond donors (Lipinski definition) is 0. The lowest BCUT2D eigenvalue weighted by Gasteiger charge is -2.45. The van der Waals surface area contributed by atoms with Crippen LogP contribution in [0.2, 0.25) is 0 Å². The number of β-lactam (4-membered cyclic amide) rings is 1. The van der Waals surface area contributed by atoms with Gasteiger partial charge in [0.25, 0.3) is 0 Å². The Hall–Kier alpha value is -2.63. The molecule has 0 bridgehead atoms. The molecule has 0 aliphatic carbocycles. The summed E-state index contributed by atoms with van der Waals surface area (Å²) in [5.41, 5.74) is 0.767. The van der Waals surface area contributed by atoms with Gasteiger partial charge in [-0.3, -0.25) is 9.79 Å². The second-order valence-electron chi connectivity index (χ2n) is 5.53. The van der Waals surface area contributed by atoms with Gasteiger partial charge in [0.2, 0.25) is 5.91 Å². The minimum absolute atomic E-state index is 0.0160. The lowest BCUT2D eigenvalue weighted by molar-refractivity contribution is -0.141. The predicted molar refractivity (Wildman–Crippen MR) is 92.5 cm³/mol. The number of carbonyl (C=O) groups excluding carboxylic acids is 2. The molecule has 24 heavy (non-hydrogen) atoms. The normalized spacial score (nSPS) is 21.3. The van der Waals surface area contributed by atoms with Crippen LogP contribution in [0.1, 0.15) is 13.3 Å². The van der Waals surface area contributed by atoms with Gasteiger partial charge in [-0.1, -0.05) is 6.08 Å². The second-order valence-corrected chi connectivity index (χ2v) is 5.53. The summed E-state index contributed by atoms with van der Waals surface area (Å²) in [5, 5.41) is 0. The van der Waals surface area contributed by atoms with Crippen LogP contribution in [0.3, 0.4) is 0 Å². The van der Waals surface area contributed by atoms with Gasteiger partial charge < -0.3 is 14.4 Å². The highest BCUT2D eigenvalue weighted by Gasteiger charge is 2.46. The number of esters is 1. The van der Waals surface area contributed by atoms with Gasteiger partial charge in [-0.05, 0) is 37.6 Å². The summed E-state index contributed by atoms with van der Waals surface area (Å²) < 4.78 is 9.80. The van der Waals surface area contributed by atoms with Gasteiger partial charge in [0.15, 0.2) is 0 Å². The third-order valence-corrected chi connectivity index (χ3v) is 4.04. The third kappa shape index (κ3) is 3.48. The number of hydrogen-bond acceptors (Lipinski definition) is 5. The Morgan fingerprint density at radius 3 is 2.58 bits per heavy atom. The molecule has 6 nitrogen and oxygen atoms in total. The van der Waals surface area contributed by atoms with Crippen LogP contribution in [-0.2, 0) is 14.3 Å². The predicted octanol–water partition coefficient (Wildman–Crippen LogP) is 2.24. The standard InChI is InChI=1S/C18H22N2O4/c1-5-6-15-16(11-19-12(2)18(22)24-4)20(17(15)21)13-7-9-14(23-3)10-8-13/h5,7-12,15-16H,1,6H2,2-4H3/t12-,15+,16-/m0/s1. The van der Waals surface area contributed by atoms with E-state index < -0.39 is 12.0 Å². The molecule has 0 unspecified atom stereocenters. The number of anilines is 1. The summed E-state index contributed by atoms with van der Waals surface area (Å²) in [6.45, 7) is 5.36. The summed E-state index contributed by atoms with van der Waals surface area (Å²) in [5.74, 6) is 0.118. The molecule has 1 heterocycles. The smallest absolute Gasteiger partial charge is 0.330 e. The molecule has 1 fully saturated rings. The van der Waals surface area contributed by atoms with E-state index in [-0.39, 0.29) is 17.9 Å². The molecule has 3 atom stereocenters. The minimum Gasteiger partial charge on any atom is -0.497 e. The lowest BCUT2D eigenvalue weighted by atomic mass is 9.84. The summed E-state index contributed by atoms with van der Waals surface area (Å²) >= 11 is 0. The first-order valence-corrected chi connectivity index (χ1v) is 7.72. The van der Waals surface area contributed by atoms with Crippen molar-refractivity contribution in [2.45, 2.75) is 25.4 Å². The first-order chi connectivity index (χ1) is 11.5. The van der Waals surface area contributed by atoms with Gasteiger partial charge in [-0.25, -0.2) is 4.79 Å². The molecule has 0 spiro atoms. The molecular weight excluding hydrogens is 308 g/mol. The minimum atomic E-state index is -0.604. The van der Waals surface area contributed by atoms with E-state index in [0.29, 0.717) is 6.42 Å². The van der Waals surface area contributed by atoms with E-state index in [0.717, 1.165) is 11.4 Å². The molecule has 2 rings (SSSR count). The molecule has 1 aliphatic rings. The Morgan fingerprint density at radius 2 is 2.04 bits per heavy atom. The van der Waals surface area contributed by atoms with Gasteiger partial charge in [-0.15, -0.1) is 6.58 Å². The van der Waals surface area contributed by atoms with E-state index in [4.69, 9.17) is 4.74 Å². The van der Waals surface area contributed by atoms with E-state index in [9.17, 15) is 9.59 Å². The molecule has 0 N–H and O–H groups in total. The number of methoxy groups -OCH3 is 2. The van der Waals surface area contributed by atoms with Gasteiger partial charge >= 0.3 is 5.97 Å². The van der Waals surface area contributed by atoms with Crippen molar-refractivity contribution in [1.29, 1.82) is 0 Å². The Morgan fingerprint density at radius 1 is 1.38 bits per heavy atom. The van der Waals surface area contributed by atoms with E-state index in [1.165, 1.54) is 7.11 Å². The summed E-state index contributed by atoms with van der Waals surface area (Å²) in [7, 11) is 2.92. The van der Waals surface area contributed by atoms with E-state index >= 15 is 0 Å². The molecule has 1 saturated heterocycles. The number of nitrogens with zero attached hydrogens (tertiary/aromatic N) is 2. The van der Waals surface area contributed by atoms with Gasteiger partial charge in [0.05, 0.1) is 26.2 Å². The summed E-state index contributed by atoms with van der Waals surface area (Å²) in [6, 6.07) is 6.43. The summed E-state index contributed by atoms with van der Waals surface area (Å²) in [6.07, 6.45) is 3.94. The van der Waals surface area contributed by atoms with Crippen LogP contribution < -0.4 is 9.64 Å². The van der Waals surface area contributed by atoms with Crippen molar-refractivity contribution in [2.24, 2.45) is 10.9 Å². The van der Waals surface area contributed by atoms with Crippen LogP contribution in [0, 0.1) is 5.92 Å². The Kier molecular flexibility index (Phi) is 5.73. The van der Waals surface area contributed by atoms with Crippen molar-refractivity contribution in [3.8, 4) is 5.75 Å². The van der Waals surface area contributed by atoms with Gasteiger partial charge in [-0.2, -0.15) is 0 Å². The molecule has 128 valence electrons. The SMILES string of the molecule is C=CC[C@H]1C(=O)N(c2ccc(OC)cc2)[C@H]1C=N[C@@H](C)C(=O)OC. The van der Waals surface area contributed by atoms with E-state index in [1.54, 1.807) is 43.4 Å². The number of amides is 1. The molecule has 0 radical (unpaired) electrons. The molecule has 1 amide bonds. The highest BCUT2D eigenvalue weighted by Crippen LogP contribution is 2.34. The van der Waals surface area contributed by atoms with Crippen molar-refractivity contribution in [3.63, 3.8) is 0 Å². The topological polar surface area (TPSA) is 68.2 Å². The fourth-order valence-electron chi connectivity index (χ4n) is 2.65. The van der Waals surface area contributed by atoms with Crippen LogP contribution in [0.4, 0.5) is 5.69 Å². The average molecular weight is 330 g/mol. The van der Waals surface area contributed by atoms with Crippen molar-refractivity contribution in [3.05, 3.63) is 36.9 Å². The van der Waals surface area contributed by atoms with Crippen molar-refractivity contribution in [1.82, 2.24) is 0 Å². The van der Waals surface area contributed by atoms with Crippen LogP contribution in [0.25, 0.3) is 0 Å². The molecule has 1 aliphatic heterocycles. The van der Waals surface area contributed by atoms with Crippen LogP contribution in [0.15, 0.2) is 41.9 Å². The molecule has 0 aromatic heterocycles. The quantitative estimate of drug-likeness (QED) is 0.333. The first-order valence-electron chi connectivity index (χ1n) is 7.72. The van der Waals surface area contributed by atoms with Crippen molar-refractivity contribution in [2.75, 3.05) is 19.1 Å². The average Bonchev–Trinajstić information content (AvgIpc) is 2.62. The molecule has 1 aromatic carbocycles. The third-order valence-electron chi connectivity index (χ3n) is 4.04. The highest BCUT2D eigenvalue weighted by molar-refractivity contribution is 6.09. The van der Waals surface area contributed by atoms with Crippen LogP contribution in [-0.4, -0.2) is 44.4 Å². The highest BCUT2D eigenvalue weighted by atomic mass is 16.5. The van der Waals surface area contributed by atoms with Gasteiger partial charge in [0.1, 0.15) is 11.8 Å². The fourth-order valence-corrected chi connectivity index (χ4v) is 2.65. The summed E-state index contributed by atoms with van der Waals surface area (Å²) in [4.78, 5) is 29.8.